The number of nitrogens with zero attached hydrogens (tertiary/aromatic N) is 3. The van der Waals surface area contributed by atoms with Crippen LogP contribution in [-0.2, 0) is 11.2 Å². The second-order valence-corrected chi connectivity index (χ2v) is 7.90. The minimum absolute atomic E-state index is 0. The van der Waals surface area contributed by atoms with Crippen molar-refractivity contribution in [2.75, 3.05) is 36.9 Å². The molecule has 3 rings (SSSR count). The maximum atomic E-state index is 12.3. The summed E-state index contributed by atoms with van der Waals surface area (Å²) in [6, 6.07) is 16.2. The number of ether oxygens (including phenoxy) is 1. The van der Waals surface area contributed by atoms with Crippen LogP contribution in [0, 0.1) is 0 Å². The number of hydrogen-bond acceptors (Lipinski definition) is 6. The van der Waals surface area contributed by atoms with Crippen LogP contribution in [0.3, 0.4) is 0 Å². The predicted molar refractivity (Wildman–Crippen MR) is 136 cm³/mol. The van der Waals surface area contributed by atoms with E-state index in [1.807, 2.05) is 25.1 Å². The van der Waals surface area contributed by atoms with E-state index in [-0.39, 0.29) is 42.7 Å². The predicted octanol–water partition coefficient (Wildman–Crippen LogP) is 1.33. The summed E-state index contributed by atoms with van der Waals surface area (Å²) in [7, 11) is 0. The van der Waals surface area contributed by atoms with Gasteiger partial charge in [0.15, 0.2) is 6.04 Å². The Labute approximate surface area is 224 Å². The van der Waals surface area contributed by atoms with E-state index in [4.69, 9.17) is 9.26 Å². The summed E-state index contributed by atoms with van der Waals surface area (Å²) in [5, 5.41) is 9.32. The molecule has 1 heterocycles. The fourth-order valence-electron chi connectivity index (χ4n) is 3.42. The lowest BCUT2D eigenvalue weighted by molar-refractivity contribution is -0.782. The van der Waals surface area contributed by atoms with Gasteiger partial charge in [0, 0.05) is 25.6 Å². The van der Waals surface area contributed by atoms with E-state index in [2.05, 4.69) is 46.8 Å². The highest BCUT2D eigenvalue weighted by molar-refractivity contribution is 5.99. The van der Waals surface area contributed by atoms with Crippen molar-refractivity contribution >= 4 is 36.0 Å². The van der Waals surface area contributed by atoms with Gasteiger partial charge in [-0.1, -0.05) is 44.2 Å². The van der Waals surface area contributed by atoms with E-state index in [0.717, 1.165) is 19.5 Å². The van der Waals surface area contributed by atoms with Crippen molar-refractivity contribution in [1.82, 2.24) is 10.2 Å². The molecule has 1 atom stereocenters. The van der Waals surface area contributed by atoms with Gasteiger partial charge in [-0.05, 0) is 47.6 Å². The topological polar surface area (TPSA) is 101 Å². The third-order valence-electron chi connectivity index (χ3n) is 5.46. The zero-order valence-electron chi connectivity index (χ0n) is 20.6. The van der Waals surface area contributed by atoms with E-state index in [0.29, 0.717) is 24.4 Å². The van der Waals surface area contributed by atoms with E-state index in [1.165, 1.54) is 5.56 Å². The molecule has 0 aliphatic carbocycles. The Morgan fingerprint density at radius 3 is 2.36 bits per heavy atom. The van der Waals surface area contributed by atoms with Gasteiger partial charge in [0.1, 0.15) is 6.61 Å². The number of esters is 1. The van der Waals surface area contributed by atoms with Crippen molar-refractivity contribution in [3.63, 3.8) is 0 Å². The molecule has 11 heteroatoms. The van der Waals surface area contributed by atoms with Gasteiger partial charge in [-0.25, -0.2) is 9.59 Å². The summed E-state index contributed by atoms with van der Waals surface area (Å²) in [5.74, 6) is -0.162. The third-order valence-corrected chi connectivity index (χ3v) is 5.46. The Balaban J connectivity index is 0.00000324. The van der Waals surface area contributed by atoms with Crippen LogP contribution in [0.15, 0.2) is 65.3 Å². The molecule has 2 amide bonds. The number of carbonyl (C=O) groups excluding carboxylic acids is 2. The first-order chi connectivity index (χ1) is 16.5. The first-order valence-corrected chi connectivity index (χ1v) is 11.5. The molecule has 0 fully saturated rings. The lowest BCUT2D eigenvalue weighted by Crippen LogP contribution is -3.00. The largest absolute Gasteiger partial charge is 1.00 e. The van der Waals surface area contributed by atoms with Gasteiger partial charge in [0.05, 0.1) is 5.56 Å². The Kier molecular flexibility index (Phi) is 13.5. The smallest absolute Gasteiger partial charge is 0.338 e. The SMILES string of the molecule is CCN(CC)CCOC(=O)c1ccc(NC(=O)Nc2c[n+](C(C)Cc3ccccc3)no2)cc1.Cl.[Cl-]. The van der Waals surface area contributed by atoms with Crippen LogP contribution in [0.5, 0.6) is 0 Å². The van der Waals surface area contributed by atoms with Crippen molar-refractivity contribution in [2.24, 2.45) is 0 Å². The number of likely N-dealkylation sites (N-methyl/N-ethyl adjacent to an activating group) is 1. The molecule has 196 valence electrons. The van der Waals surface area contributed by atoms with Gasteiger partial charge >= 0.3 is 17.9 Å². The highest BCUT2D eigenvalue weighted by atomic mass is 35.5. The molecule has 9 nitrogen and oxygen atoms in total. The van der Waals surface area contributed by atoms with Crippen LogP contribution in [-0.4, -0.2) is 48.4 Å². The summed E-state index contributed by atoms with van der Waals surface area (Å²) in [6.07, 6.45) is 2.43. The van der Waals surface area contributed by atoms with Crippen LogP contribution in [0.4, 0.5) is 16.4 Å². The number of hydrogen-bond donors (Lipinski definition) is 2. The van der Waals surface area contributed by atoms with Gasteiger partial charge in [0.2, 0.25) is 5.27 Å². The number of nitrogens with one attached hydrogen (secondary N) is 2. The Morgan fingerprint density at radius 1 is 1.06 bits per heavy atom. The molecule has 0 aliphatic heterocycles. The average Bonchev–Trinajstić information content (AvgIpc) is 3.31. The number of urea groups is 1. The van der Waals surface area contributed by atoms with Gasteiger partial charge in [-0.2, -0.15) is 0 Å². The fourth-order valence-corrected chi connectivity index (χ4v) is 3.42. The fraction of sp³-hybridized carbons (Fsp3) is 0.360. The minimum Gasteiger partial charge on any atom is -1.00 e. The molecule has 3 aromatic rings. The summed E-state index contributed by atoms with van der Waals surface area (Å²) in [5.41, 5.74) is 2.14. The molecule has 0 saturated heterocycles. The number of anilines is 2. The molecule has 0 radical (unpaired) electrons. The number of aromatic nitrogens is 2. The summed E-state index contributed by atoms with van der Waals surface area (Å²) in [6.45, 7) is 9.03. The maximum absolute atomic E-state index is 12.3. The van der Waals surface area contributed by atoms with Crippen molar-refractivity contribution in [3.8, 4) is 0 Å². The third kappa shape index (κ3) is 9.49. The maximum Gasteiger partial charge on any atom is 0.338 e. The molecule has 2 N–H and O–H groups in total. The van der Waals surface area contributed by atoms with Crippen LogP contribution >= 0.6 is 12.4 Å². The Hall–Kier alpha value is -3.14. The number of benzene rings is 2. The molecule has 2 aromatic carbocycles. The van der Waals surface area contributed by atoms with Crippen molar-refractivity contribution < 1.29 is 35.9 Å². The molecule has 36 heavy (non-hydrogen) atoms. The molecule has 1 aromatic heterocycles. The summed E-state index contributed by atoms with van der Waals surface area (Å²) in [4.78, 5) is 26.7. The summed E-state index contributed by atoms with van der Waals surface area (Å²) < 4.78 is 12.2. The van der Waals surface area contributed by atoms with Gasteiger partial charge in [-0.3, -0.25) is 9.84 Å². The standard InChI is InChI=1S/C25H31N5O4.2ClH/c1-4-29(5-2)15-16-33-24(31)21-11-13-22(14-12-21)26-25(32)27-23-18-30(28-34-23)19(3)17-20-9-7-6-8-10-20;;/h6-14,18-19H,4-5,15-17H2,1-3H3,(H-,26,27,28,31,32);2*1H. The first kappa shape index (κ1) is 30.9. The zero-order chi connectivity index (χ0) is 24.3. The number of halogens is 2. The molecule has 1 unspecified atom stereocenters. The second kappa shape index (κ2) is 15.8. The van der Waals surface area contributed by atoms with Crippen LogP contribution in [0.25, 0.3) is 0 Å². The van der Waals surface area contributed by atoms with Gasteiger partial charge in [-0.15, -0.1) is 12.4 Å². The first-order valence-electron chi connectivity index (χ1n) is 11.5. The van der Waals surface area contributed by atoms with Crippen molar-refractivity contribution in [2.45, 2.75) is 33.2 Å². The molecule has 0 spiro atoms. The quantitative estimate of drug-likeness (QED) is 0.282. The molecule has 0 bridgehead atoms. The van der Waals surface area contributed by atoms with Crippen molar-refractivity contribution in [1.29, 1.82) is 0 Å². The highest BCUT2D eigenvalue weighted by Crippen LogP contribution is 2.13. The van der Waals surface area contributed by atoms with Crippen LogP contribution < -0.4 is 27.7 Å². The van der Waals surface area contributed by atoms with E-state index < -0.39 is 6.03 Å². The summed E-state index contributed by atoms with van der Waals surface area (Å²) >= 11 is 0. The Morgan fingerprint density at radius 2 is 1.72 bits per heavy atom. The lowest BCUT2D eigenvalue weighted by Gasteiger charge is -2.17. The van der Waals surface area contributed by atoms with E-state index in [1.54, 1.807) is 35.1 Å². The molecule has 0 saturated carbocycles. The van der Waals surface area contributed by atoms with Crippen LogP contribution in [0.2, 0.25) is 0 Å². The van der Waals surface area contributed by atoms with E-state index >= 15 is 0 Å². The Bertz CT molecular complexity index is 1060. The molecular formula is C25H33Cl2N5O4. The lowest BCUT2D eigenvalue weighted by atomic mass is 10.1. The van der Waals surface area contributed by atoms with Gasteiger partial charge < -0.3 is 27.4 Å². The molecular weight excluding hydrogens is 505 g/mol. The minimum atomic E-state index is -0.478. The molecule has 0 aliphatic rings. The number of amides is 2. The van der Waals surface area contributed by atoms with Crippen LogP contribution in [0.1, 0.15) is 42.7 Å². The average molecular weight is 538 g/mol. The van der Waals surface area contributed by atoms with Crippen molar-refractivity contribution in [3.05, 3.63) is 71.9 Å². The second-order valence-electron chi connectivity index (χ2n) is 7.90. The number of rotatable bonds is 11. The number of carbonyl (C=O) groups is 2. The zero-order valence-corrected chi connectivity index (χ0v) is 22.2. The van der Waals surface area contributed by atoms with Gasteiger partial charge in [0.25, 0.3) is 6.20 Å². The normalized spacial score (nSPS) is 11.1. The monoisotopic (exact) mass is 537 g/mol. The van der Waals surface area contributed by atoms with E-state index in [9.17, 15) is 9.59 Å². The highest BCUT2D eigenvalue weighted by Gasteiger charge is 2.21.